The molecule has 2 unspecified atom stereocenters. The van der Waals surface area contributed by atoms with Crippen LogP contribution in [0.5, 0.6) is 0 Å². The van der Waals surface area contributed by atoms with Crippen LogP contribution in [0.1, 0.15) is 6.92 Å². The fraction of sp³-hybridized carbons (Fsp3) is 1.00. The van der Waals surface area contributed by atoms with Crippen molar-refractivity contribution in [2.45, 2.75) is 18.7 Å². The molecular weight excluding hydrogens is 169 g/mol. The zero-order valence-electron chi connectivity index (χ0n) is 5.26. The van der Waals surface area contributed by atoms with Gasteiger partial charge in [0.2, 0.25) is 0 Å². The summed E-state index contributed by atoms with van der Waals surface area (Å²) in [5, 5.41) is 0. The Morgan fingerprint density at radius 1 is 1.62 bits per heavy atom. The molecule has 0 amide bonds. The minimum absolute atomic E-state index is 0. The first-order valence-corrected chi connectivity index (χ1v) is 5.73. The van der Waals surface area contributed by atoms with Crippen molar-refractivity contribution >= 4 is 15.3 Å². The zero-order valence-corrected chi connectivity index (χ0v) is 7.13. The molecule has 1 heterocycles. The second kappa shape index (κ2) is 3.46. The quantitative estimate of drug-likeness (QED) is 0.559. The molecule has 0 radical (unpaired) electrons. The predicted molar refractivity (Wildman–Crippen MR) is 33.1 cm³/mol. The summed E-state index contributed by atoms with van der Waals surface area (Å²) in [4.78, 5) is 0. The second-order valence-corrected chi connectivity index (χ2v) is 4.48. The van der Waals surface area contributed by atoms with E-state index < -0.39 is 15.3 Å². The Morgan fingerprint density at radius 3 is 2.38 bits per heavy atom. The van der Waals surface area contributed by atoms with Crippen LogP contribution in [0.25, 0.3) is 0 Å². The molecule has 1 fully saturated rings. The molecule has 4 heteroatoms. The first kappa shape index (κ1) is 8.44. The minimum Gasteiger partial charge on any atom is -0.344 e. The first-order chi connectivity index (χ1) is 3.29. The van der Waals surface area contributed by atoms with Crippen molar-refractivity contribution in [2.24, 2.45) is 0 Å². The Labute approximate surface area is 54.9 Å². The molecule has 0 aromatic heterocycles. The number of hydrogen-bond acceptors (Lipinski definition) is 3. The molecular formula is C4H12AsNO2. The maximum Gasteiger partial charge on any atom is -0.344 e. The SMILES string of the molecule is CC1CO[As](C)O1.N. The molecule has 8 heavy (non-hydrogen) atoms. The molecule has 50 valence electrons. The first-order valence-electron chi connectivity index (χ1n) is 2.32. The van der Waals surface area contributed by atoms with Crippen molar-refractivity contribution in [3.8, 4) is 0 Å². The fourth-order valence-electron chi connectivity index (χ4n) is 0.524. The Bertz CT molecular complexity index is 63.1. The summed E-state index contributed by atoms with van der Waals surface area (Å²) in [6, 6.07) is 0. The van der Waals surface area contributed by atoms with Crippen LogP contribution < -0.4 is 6.15 Å². The second-order valence-electron chi connectivity index (χ2n) is 1.65. The van der Waals surface area contributed by atoms with E-state index in [0.29, 0.717) is 6.10 Å². The summed E-state index contributed by atoms with van der Waals surface area (Å²) >= 11 is -1.16. The Morgan fingerprint density at radius 2 is 2.25 bits per heavy atom. The van der Waals surface area contributed by atoms with Crippen molar-refractivity contribution in [1.29, 1.82) is 0 Å². The van der Waals surface area contributed by atoms with Gasteiger partial charge in [-0.3, -0.25) is 0 Å². The molecule has 2 atom stereocenters. The van der Waals surface area contributed by atoms with Gasteiger partial charge in [-0.1, -0.05) is 0 Å². The number of rotatable bonds is 0. The van der Waals surface area contributed by atoms with E-state index in [-0.39, 0.29) is 6.15 Å². The van der Waals surface area contributed by atoms with Crippen LogP contribution in [0.15, 0.2) is 0 Å². The van der Waals surface area contributed by atoms with Gasteiger partial charge in [0.05, 0.1) is 0 Å². The predicted octanol–water partition coefficient (Wildman–Crippen LogP) is 0.702. The van der Waals surface area contributed by atoms with Crippen molar-refractivity contribution in [2.75, 3.05) is 6.61 Å². The zero-order chi connectivity index (χ0) is 5.28. The van der Waals surface area contributed by atoms with E-state index in [1.54, 1.807) is 0 Å². The van der Waals surface area contributed by atoms with E-state index in [4.69, 9.17) is 7.45 Å². The van der Waals surface area contributed by atoms with E-state index in [9.17, 15) is 0 Å². The van der Waals surface area contributed by atoms with E-state index in [2.05, 4.69) is 5.71 Å². The molecule has 0 aliphatic carbocycles. The smallest absolute Gasteiger partial charge is 0.344 e. The van der Waals surface area contributed by atoms with Gasteiger partial charge >= 0.3 is 48.1 Å². The summed E-state index contributed by atoms with van der Waals surface area (Å²) in [6.45, 7) is 2.86. The van der Waals surface area contributed by atoms with E-state index in [1.165, 1.54) is 0 Å². The maximum atomic E-state index is 5.28. The van der Waals surface area contributed by atoms with Crippen LogP contribution in [0.3, 0.4) is 0 Å². The topological polar surface area (TPSA) is 53.5 Å². The van der Waals surface area contributed by atoms with Crippen LogP contribution in [0.4, 0.5) is 0 Å². The summed E-state index contributed by atoms with van der Waals surface area (Å²) in [5.74, 6) is 0. The molecule has 0 bridgehead atoms. The largest absolute Gasteiger partial charge is 0.344 e. The van der Waals surface area contributed by atoms with Crippen LogP contribution in [0, 0.1) is 0 Å². The maximum absolute atomic E-state index is 5.28. The van der Waals surface area contributed by atoms with Crippen LogP contribution in [-0.4, -0.2) is 28.0 Å². The third-order valence-corrected chi connectivity index (χ3v) is 3.27. The van der Waals surface area contributed by atoms with E-state index in [1.807, 2.05) is 6.92 Å². The monoisotopic (exact) mass is 181 g/mol. The average molecular weight is 181 g/mol. The normalized spacial score (nSPS) is 36.8. The molecule has 1 aliphatic rings. The van der Waals surface area contributed by atoms with Gasteiger partial charge in [-0.05, 0) is 0 Å². The van der Waals surface area contributed by atoms with Crippen LogP contribution in [0.2, 0.25) is 5.71 Å². The molecule has 3 N–H and O–H groups in total. The van der Waals surface area contributed by atoms with Gasteiger partial charge in [-0.2, -0.15) is 0 Å². The third-order valence-electron chi connectivity index (χ3n) is 0.819. The van der Waals surface area contributed by atoms with Gasteiger partial charge in [0.25, 0.3) is 0 Å². The fourth-order valence-corrected chi connectivity index (χ4v) is 2.72. The minimum atomic E-state index is -1.16. The average Bonchev–Trinajstić information content (AvgIpc) is 1.87. The van der Waals surface area contributed by atoms with Crippen molar-refractivity contribution in [3.05, 3.63) is 0 Å². The van der Waals surface area contributed by atoms with Crippen LogP contribution in [-0.2, 0) is 7.45 Å². The molecule has 0 spiro atoms. The summed E-state index contributed by atoms with van der Waals surface area (Å²) < 4.78 is 10.5. The van der Waals surface area contributed by atoms with E-state index >= 15 is 0 Å². The Kier molecular flexibility index (Phi) is 3.65. The summed E-state index contributed by atoms with van der Waals surface area (Å²) in [7, 11) is 0. The van der Waals surface area contributed by atoms with Gasteiger partial charge in [-0.25, -0.2) is 0 Å². The van der Waals surface area contributed by atoms with E-state index in [0.717, 1.165) is 6.61 Å². The molecule has 0 aromatic rings. The summed E-state index contributed by atoms with van der Waals surface area (Å²) in [5.41, 5.74) is 2.05. The van der Waals surface area contributed by atoms with Gasteiger partial charge in [-0.15, -0.1) is 0 Å². The summed E-state index contributed by atoms with van der Waals surface area (Å²) in [6.07, 6.45) is 0.366. The standard InChI is InChI=1S/C4H9AsO2.H3N/c1-4-3-6-5(2)7-4;/h4H,3H2,1-2H3;1H3. The molecule has 1 saturated heterocycles. The molecule has 0 saturated carbocycles. The molecule has 3 nitrogen and oxygen atoms in total. The number of hydrogen-bond donors (Lipinski definition) is 1. The van der Waals surface area contributed by atoms with Crippen molar-refractivity contribution < 1.29 is 7.45 Å². The third kappa shape index (κ3) is 2.14. The van der Waals surface area contributed by atoms with Gasteiger partial charge in [0, 0.05) is 0 Å². The van der Waals surface area contributed by atoms with Crippen molar-refractivity contribution in [1.82, 2.24) is 6.15 Å². The Balaban J connectivity index is 0.000000490. The molecule has 1 rings (SSSR count). The van der Waals surface area contributed by atoms with Gasteiger partial charge in [0.1, 0.15) is 0 Å². The van der Waals surface area contributed by atoms with Gasteiger partial charge in [0.15, 0.2) is 0 Å². The Hall–Kier alpha value is 0.438. The molecule has 1 aliphatic heterocycles. The van der Waals surface area contributed by atoms with Crippen LogP contribution >= 0.6 is 0 Å². The molecule has 0 aromatic carbocycles. The van der Waals surface area contributed by atoms with Gasteiger partial charge < -0.3 is 6.15 Å². The van der Waals surface area contributed by atoms with Crippen molar-refractivity contribution in [3.63, 3.8) is 0 Å².